The van der Waals surface area contributed by atoms with Crippen molar-refractivity contribution in [2.45, 2.75) is 6.54 Å². The number of nitrogens with two attached hydrogens (primary N) is 1. The van der Waals surface area contributed by atoms with Crippen LogP contribution >= 0.6 is 0 Å². The molecule has 0 aliphatic rings. The summed E-state index contributed by atoms with van der Waals surface area (Å²) in [6, 6.07) is 5.68. The fourth-order valence-electron chi connectivity index (χ4n) is 1.95. The van der Waals surface area contributed by atoms with Gasteiger partial charge < -0.3 is 15.0 Å². The Morgan fingerprint density at radius 3 is 3.06 bits per heavy atom. The van der Waals surface area contributed by atoms with Gasteiger partial charge in [-0.05, 0) is 23.8 Å². The summed E-state index contributed by atoms with van der Waals surface area (Å²) in [7, 11) is 1.60. The molecule has 1 aromatic carbocycles. The first kappa shape index (κ1) is 10.6. The van der Waals surface area contributed by atoms with Crippen LogP contribution in [0.2, 0.25) is 0 Å². The van der Waals surface area contributed by atoms with Crippen LogP contribution in [0.5, 0.6) is 5.75 Å². The SMILES string of the molecule is COc1cc(Cn2cccn2)cc2onc(N)c12. The van der Waals surface area contributed by atoms with Crippen LogP contribution in [-0.4, -0.2) is 22.0 Å². The molecule has 3 aromatic rings. The number of benzene rings is 1. The summed E-state index contributed by atoms with van der Waals surface area (Å²) >= 11 is 0. The largest absolute Gasteiger partial charge is 0.496 e. The lowest BCUT2D eigenvalue weighted by Gasteiger charge is -2.06. The van der Waals surface area contributed by atoms with Crippen molar-refractivity contribution in [2.75, 3.05) is 12.8 Å². The van der Waals surface area contributed by atoms with E-state index in [1.54, 1.807) is 13.3 Å². The molecule has 0 spiro atoms. The Bertz CT molecular complexity index is 673. The zero-order valence-electron chi connectivity index (χ0n) is 9.83. The Balaban J connectivity index is 2.08. The molecule has 6 nitrogen and oxygen atoms in total. The van der Waals surface area contributed by atoms with Crippen molar-refractivity contribution < 1.29 is 9.26 Å². The lowest BCUT2D eigenvalue weighted by molar-refractivity contribution is 0.418. The van der Waals surface area contributed by atoms with Gasteiger partial charge in [-0.1, -0.05) is 5.16 Å². The van der Waals surface area contributed by atoms with E-state index >= 15 is 0 Å². The highest BCUT2D eigenvalue weighted by Gasteiger charge is 2.13. The number of fused-ring (bicyclic) bond motifs is 1. The van der Waals surface area contributed by atoms with Crippen LogP contribution in [-0.2, 0) is 6.54 Å². The average molecular weight is 244 g/mol. The van der Waals surface area contributed by atoms with Crippen molar-refractivity contribution in [3.63, 3.8) is 0 Å². The van der Waals surface area contributed by atoms with Crippen LogP contribution in [0.1, 0.15) is 5.56 Å². The molecule has 6 heteroatoms. The van der Waals surface area contributed by atoms with Crippen molar-refractivity contribution in [2.24, 2.45) is 0 Å². The van der Waals surface area contributed by atoms with Gasteiger partial charge in [-0.2, -0.15) is 5.10 Å². The Kier molecular flexibility index (Phi) is 2.40. The first-order valence-electron chi connectivity index (χ1n) is 5.47. The Hall–Kier alpha value is -2.50. The molecule has 0 fully saturated rings. The van der Waals surface area contributed by atoms with E-state index < -0.39 is 0 Å². The highest BCUT2D eigenvalue weighted by molar-refractivity contribution is 5.93. The van der Waals surface area contributed by atoms with Gasteiger partial charge in [0.05, 0.1) is 13.7 Å². The minimum atomic E-state index is 0.340. The van der Waals surface area contributed by atoms with Crippen molar-refractivity contribution in [3.8, 4) is 5.75 Å². The molecule has 0 unspecified atom stereocenters. The monoisotopic (exact) mass is 244 g/mol. The van der Waals surface area contributed by atoms with E-state index in [4.69, 9.17) is 15.0 Å². The summed E-state index contributed by atoms with van der Waals surface area (Å²) in [5.74, 6) is 1.00. The van der Waals surface area contributed by atoms with E-state index in [9.17, 15) is 0 Å². The van der Waals surface area contributed by atoms with Gasteiger partial charge in [-0.25, -0.2) is 0 Å². The second kappa shape index (κ2) is 4.06. The van der Waals surface area contributed by atoms with Gasteiger partial charge >= 0.3 is 0 Å². The molecule has 18 heavy (non-hydrogen) atoms. The fraction of sp³-hybridized carbons (Fsp3) is 0.167. The summed E-state index contributed by atoms with van der Waals surface area (Å²) < 4.78 is 12.3. The zero-order chi connectivity index (χ0) is 12.5. The van der Waals surface area contributed by atoms with E-state index in [1.807, 2.05) is 29.1 Å². The van der Waals surface area contributed by atoms with E-state index in [0.717, 1.165) is 5.56 Å². The molecule has 2 aromatic heterocycles. The van der Waals surface area contributed by atoms with Gasteiger partial charge in [0.1, 0.15) is 11.1 Å². The number of aromatic nitrogens is 3. The van der Waals surface area contributed by atoms with E-state index in [2.05, 4.69) is 10.3 Å². The molecule has 92 valence electrons. The normalized spacial score (nSPS) is 10.9. The molecule has 0 saturated carbocycles. The van der Waals surface area contributed by atoms with E-state index in [-0.39, 0.29) is 0 Å². The topological polar surface area (TPSA) is 79.1 Å². The molecule has 0 aliphatic carbocycles. The summed E-state index contributed by atoms with van der Waals surface area (Å²) in [5.41, 5.74) is 7.37. The highest BCUT2D eigenvalue weighted by Crippen LogP contribution is 2.32. The summed E-state index contributed by atoms with van der Waals surface area (Å²) in [6.07, 6.45) is 3.63. The van der Waals surface area contributed by atoms with Crippen molar-refractivity contribution in [3.05, 3.63) is 36.2 Å². The minimum absolute atomic E-state index is 0.340. The van der Waals surface area contributed by atoms with Crippen LogP contribution < -0.4 is 10.5 Å². The number of hydrogen-bond donors (Lipinski definition) is 1. The lowest BCUT2D eigenvalue weighted by Crippen LogP contribution is -2.00. The molecule has 0 amide bonds. The maximum atomic E-state index is 5.74. The predicted octanol–water partition coefficient (Wildman–Crippen LogP) is 1.66. The molecule has 2 N–H and O–H groups in total. The first-order chi connectivity index (χ1) is 8.78. The molecule has 0 saturated heterocycles. The average Bonchev–Trinajstić information content (AvgIpc) is 2.99. The lowest BCUT2D eigenvalue weighted by atomic mass is 10.1. The Labute approximate surface area is 103 Å². The number of methoxy groups -OCH3 is 1. The minimum Gasteiger partial charge on any atom is -0.496 e. The summed E-state index contributed by atoms with van der Waals surface area (Å²) in [5, 5.41) is 8.61. The van der Waals surface area contributed by atoms with Crippen LogP contribution in [0.25, 0.3) is 11.0 Å². The van der Waals surface area contributed by atoms with Gasteiger partial charge in [-0.3, -0.25) is 4.68 Å². The van der Waals surface area contributed by atoms with Crippen LogP contribution in [0.3, 0.4) is 0 Å². The second-order valence-electron chi connectivity index (χ2n) is 3.94. The molecule has 0 bridgehead atoms. The molecule has 3 rings (SSSR count). The predicted molar refractivity (Wildman–Crippen MR) is 66.3 cm³/mol. The Morgan fingerprint density at radius 2 is 2.33 bits per heavy atom. The third-order valence-electron chi connectivity index (χ3n) is 2.75. The van der Waals surface area contributed by atoms with Crippen molar-refractivity contribution in [1.82, 2.24) is 14.9 Å². The van der Waals surface area contributed by atoms with Gasteiger partial charge in [-0.15, -0.1) is 0 Å². The van der Waals surface area contributed by atoms with Crippen molar-refractivity contribution in [1.29, 1.82) is 0 Å². The molecule has 0 aliphatic heterocycles. The standard InChI is InChI=1S/C12H12N4O2/c1-17-9-5-8(7-16-4-2-3-14-16)6-10-11(9)12(13)15-18-10/h2-6H,7H2,1H3,(H2,13,15). The number of ether oxygens (including phenoxy) is 1. The number of nitrogen functional groups attached to an aromatic ring is 1. The highest BCUT2D eigenvalue weighted by atomic mass is 16.5. The summed E-state index contributed by atoms with van der Waals surface area (Å²) in [4.78, 5) is 0. The van der Waals surface area contributed by atoms with Gasteiger partial charge in [0.2, 0.25) is 0 Å². The number of hydrogen-bond acceptors (Lipinski definition) is 5. The molecule has 0 atom stereocenters. The van der Waals surface area contributed by atoms with Crippen molar-refractivity contribution >= 4 is 16.8 Å². The van der Waals surface area contributed by atoms with E-state index in [1.165, 1.54) is 0 Å². The third-order valence-corrected chi connectivity index (χ3v) is 2.75. The molecular formula is C12H12N4O2. The van der Waals surface area contributed by atoms with Gasteiger partial charge in [0.15, 0.2) is 11.4 Å². The fourth-order valence-corrected chi connectivity index (χ4v) is 1.95. The molecule has 2 heterocycles. The van der Waals surface area contributed by atoms with Crippen LogP contribution in [0.15, 0.2) is 35.1 Å². The smallest absolute Gasteiger partial charge is 0.178 e. The maximum absolute atomic E-state index is 5.74. The maximum Gasteiger partial charge on any atom is 0.178 e. The first-order valence-corrected chi connectivity index (χ1v) is 5.47. The Morgan fingerprint density at radius 1 is 1.44 bits per heavy atom. The third kappa shape index (κ3) is 1.67. The van der Waals surface area contributed by atoms with Gasteiger partial charge in [0, 0.05) is 12.4 Å². The zero-order valence-corrected chi connectivity index (χ0v) is 9.83. The number of rotatable bonds is 3. The quantitative estimate of drug-likeness (QED) is 0.758. The van der Waals surface area contributed by atoms with Gasteiger partial charge in [0.25, 0.3) is 0 Å². The number of anilines is 1. The van der Waals surface area contributed by atoms with Crippen LogP contribution in [0.4, 0.5) is 5.82 Å². The summed E-state index contributed by atoms with van der Waals surface area (Å²) in [6.45, 7) is 0.639. The van der Waals surface area contributed by atoms with Crippen LogP contribution in [0, 0.1) is 0 Å². The van der Waals surface area contributed by atoms with E-state index in [0.29, 0.717) is 29.1 Å². The molecule has 0 radical (unpaired) electrons. The molecular weight excluding hydrogens is 232 g/mol. The number of nitrogens with zero attached hydrogens (tertiary/aromatic N) is 3. The second-order valence-corrected chi connectivity index (χ2v) is 3.94.